The van der Waals surface area contributed by atoms with E-state index in [0.717, 1.165) is 29.8 Å². The van der Waals surface area contributed by atoms with Gasteiger partial charge in [0.25, 0.3) is 6.43 Å². The van der Waals surface area contributed by atoms with E-state index in [9.17, 15) is 19.1 Å². The number of halogens is 2. The number of β-amino-alcohol motifs (C(OH)–C–C–N with tert-alkyl or cyclic N) is 1. The van der Waals surface area contributed by atoms with Crippen LogP contribution in [0.2, 0.25) is 0 Å². The monoisotopic (exact) mass is 471 g/mol. The number of likely N-dealkylation sites (tertiary alicyclic amines) is 1. The number of nitriles is 1. The molecule has 0 unspecified atom stereocenters. The van der Waals surface area contributed by atoms with Crippen LogP contribution in [0.3, 0.4) is 0 Å². The van der Waals surface area contributed by atoms with Crippen molar-refractivity contribution in [3.8, 4) is 11.8 Å². The van der Waals surface area contributed by atoms with Crippen LogP contribution in [-0.4, -0.2) is 62.6 Å². The fourth-order valence-corrected chi connectivity index (χ4v) is 4.74. The van der Waals surface area contributed by atoms with E-state index < -0.39 is 18.2 Å². The highest BCUT2D eigenvalue weighted by molar-refractivity contribution is 5.88. The van der Waals surface area contributed by atoms with Crippen molar-refractivity contribution in [1.82, 2.24) is 24.6 Å². The molecule has 0 amide bonds. The van der Waals surface area contributed by atoms with Gasteiger partial charge in [0.15, 0.2) is 5.65 Å². The number of hydrogen-bond donors (Lipinski definition) is 2. The van der Waals surface area contributed by atoms with Gasteiger partial charge in [-0.15, -0.1) is 0 Å². The first-order valence-electron chi connectivity index (χ1n) is 11.0. The average molecular weight is 472 g/mol. The summed E-state index contributed by atoms with van der Waals surface area (Å²) in [5, 5.41) is 23.5. The van der Waals surface area contributed by atoms with Gasteiger partial charge in [-0.3, -0.25) is 4.90 Å². The van der Waals surface area contributed by atoms with Crippen LogP contribution < -0.4 is 10.5 Å². The van der Waals surface area contributed by atoms with Gasteiger partial charge in [-0.2, -0.15) is 10.4 Å². The van der Waals surface area contributed by atoms with Crippen molar-refractivity contribution < 1.29 is 18.6 Å². The quantitative estimate of drug-likeness (QED) is 0.513. The molecule has 4 rings (SSSR count). The molecular formula is C23H27F2N7O2. The Morgan fingerprint density at radius 1 is 1.35 bits per heavy atom. The third kappa shape index (κ3) is 4.26. The van der Waals surface area contributed by atoms with E-state index in [-0.39, 0.29) is 29.3 Å². The lowest BCUT2D eigenvalue weighted by atomic mass is 9.83. The highest BCUT2D eigenvalue weighted by Gasteiger charge is 2.33. The molecule has 1 fully saturated rings. The van der Waals surface area contributed by atoms with Crippen LogP contribution in [-0.2, 0) is 13.0 Å². The standard InChI is InChI=1S/C23H27F2N7O2/c1-12(33)8-31-9-16(10-31)17-13(2)15(7-26)6-14(20(17)34-3)4-5-32-23-18(19(30-32)21(24)25)22(27)28-11-29-23/h6,11-12,16,21,33H,4-5,8-10H2,1-3H3,(H2,27,28,29)/t12-/m0/s1. The number of rotatable bonds is 8. The van der Waals surface area contributed by atoms with E-state index in [4.69, 9.17) is 10.5 Å². The van der Waals surface area contributed by atoms with Crippen molar-refractivity contribution in [1.29, 1.82) is 5.26 Å². The zero-order valence-corrected chi connectivity index (χ0v) is 19.3. The molecule has 0 aliphatic carbocycles. The molecule has 11 heteroatoms. The van der Waals surface area contributed by atoms with E-state index in [2.05, 4.69) is 26.0 Å². The number of aryl methyl sites for hydroxylation is 2. The van der Waals surface area contributed by atoms with Crippen molar-refractivity contribution in [2.75, 3.05) is 32.5 Å². The van der Waals surface area contributed by atoms with Crippen LogP contribution in [0, 0.1) is 18.3 Å². The van der Waals surface area contributed by atoms with Crippen molar-refractivity contribution in [2.24, 2.45) is 0 Å². The van der Waals surface area contributed by atoms with Gasteiger partial charge in [-0.05, 0) is 37.5 Å². The lowest BCUT2D eigenvalue weighted by Gasteiger charge is -2.41. The summed E-state index contributed by atoms with van der Waals surface area (Å²) < 4.78 is 34.3. The van der Waals surface area contributed by atoms with Crippen LogP contribution in [0.1, 0.15) is 47.2 Å². The Morgan fingerprint density at radius 2 is 2.09 bits per heavy atom. The largest absolute Gasteiger partial charge is 0.496 e. The molecule has 0 saturated carbocycles. The summed E-state index contributed by atoms with van der Waals surface area (Å²) in [6.45, 7) is 6.01. The normalized spacial score (nSPS) is 15.5. The summed E-state index contributed by atoms with van der Waals surface area (Å²) in [6.07, 6.45) is -1.62. The number of aliphatic hydroxyl groups is 1. The maximum absolute atomic E-state index is 13.6. The second kappa shape index (κ2) is 9.48. The number of fused-ring (bicyclic) bond motifs is 1. The van der Waals surface area contributed by atoms with Gasteiger partial charge < -0.3 is 15.6 Å². The van der Waals surface area contributed by atoms with Gasteiger partial charge in [0.2, 0.25) is 0 Å². The molecular weight excluding hydrogens is 444 g/mol. The van der Waals surface area contributed by atoms with Crippen LogP contribution in [0.5, 0.6) is 5.75 Å². The summed E-state index contributed by atoms with van der Waals surface area (Å²) in [5.41, 5.74) is 8.79. The van der Waals surface area contributed by atoms with E-state index in [0.29, 0.717) is 24.3 Å². The van der Waals surface area contributed by atoms with Gasteiger partial charge in [0.1, 0.15) is 23.6 Å². The fourth-order valence-electron chi connectivity index (χ4n) is 4.74. The van der Waals surface area contributed by atoms with Gasteiger partial charge in [-0.1, -0.05) is 0 Å². The molecule has 0 bridgehead atoms. The number of benzene rings is 1. The van der Waals surface area contributed by atoms with Gasteiger partial charge in [0.05, 0.1) is 30.2 Å². The van der Waals surface area contributed by atoms with Gasteiger partial charge >= 0.3 is 0 Å². The zero-order valence-electron chi connectivity index (χ0n) is 19.3. The zero-order chi connectivity index (χ0) is 24.6. The number of nitrogens with two attached hydrogens (primary N) is 1. The molecule has 1 aromatic carbocycles. The van der Waals surface area contributed by atoms with E-state index in [1.807, 2.05) is 6.92 Å². The average Bonchev–Trinajstić information content (AvgIpc) is 3.15. The summed E-state index contributed by atoms with van der Waals surface area (Å²) in [7, 11) is 1.59. The molecule has 34 heavy (non-hydrogen) atoms. The van der Waals surface area contributed by atoms with Crippen molar-refractivity contribution in [2.45, 2.75) is 45.3 Å². The Hall–Kier alpha value is -3.36. The molecule has 3 heterocycles. The summed E-state index contributed by atoms with van der Waals surface area (Å²) in [6, 6.07) is 4.04. The highest BCUT2D eigenvalue weighted by Crippen LogP contribution is 2.40. The highest BCUT2D eigenvalue weighted by atomic mass is 19.3. The Labute approximate surface area is 195 Å². The minimum absolute atomic E-state index is 0.0414. The van der Waals surface area contributed by atoms with Gasteiger partial charge in [-0.25, -0.2) is 23.4 Å². The van der Waals surface area contributed by atoms with E-state index in [1.165, 1.54) is 11.0 Å². The Kier molecular flexibility index (Phi) is 6.63. The van der Waals surface area contributed by atoms with Gasteiger partial charge in [0, 0.05) is 37.7 Å². The molecule has 1 aliphatic heterocycles. The summed E-state index contributed by atoms with van der Waals surface area (Å²) in [4.78, 5) is 10.1. The van der Waals surface area contributed by atoms with Crippen molar-refractivity contribution in [3.63, 3.8) is 0 Å². The number of anilines is 1. The van der Waals surface area contributed by atoms with Crippen LogP contribution >= 0.6 is 0 Å². The molecule has 0 radical (unpaired) electrons. The first kappa shape index (κ1) is 23.8. The molecule has 9 nitrogen and oxygen atoms in total. The maximum atomic E-state index is 13.6. The smallest absolute Gasteiger partial charge is 0.282 e. The second-order valence-corrected chi connectivity index (χ2v) is 8.65. The lowest BCUT2D eigenvalue weighted by molar-refractivity contribution is 0.0732. The number of aliphatic hydroxyl groups excluding tert-OH is 1. The molecule has 2 aromatic heterocycles. The third-order valence-corrected chi connectivity index (χ3v) is 6.26. The predicted molar refractivity (Wildman–Crippen MR) is 122 cm³/mol. The Balaban J connectivity index is 1.67. The van der Waals surface area contributed by atoms with Crippen molar-refractivity contribution >= 4 is 16.9 Å². The Morgan fingerprint density at radius 3 is 2.71 bits per heavy atom. The molecule has 0 spiro atoms. The lowest BCUT2D eigenvalue weighted by Crippen LogP contribution is -2.48. The van der Waals surface area contributed by atoms with Crippen LogP contribution in [0.25, 0.3) is 11.0 Å². The van der Waals surface area contributed by atoms with E-state index in [1.54, 1.807) is 20.1 Å². The maximum Gasteiger partial charge on any atom is 0.282 e. The predicted octanol–water partition coefficient (Wildman–Crippen LogP) is 2.56. The molecule has 1 saturated heterocycles. The number of ether oxygens (including phenoxy) is 1. The minimum atomic E-state index is -2.81. The molecule has 1 aliphatic rings. The first-order chi connectivity index (χ1) is 16.2. The number of alkyl halides is 2. The SMILES string of the molecule is COc1c(CCn2nc(C(F)F)c3c(N)ncnc32)cc(C#N)c(C)c1C1CN(C[C@H](C)O)C1. The minimum Gasteiger partial charge on any atom is -0.496 e. The molecule has 3 aromatic rings. The summed E-state index contributed by atoms with van der Waals surface area (Å²) >= 11 is 0. The molecule has 3 N–H and O–H groups in total. The summed E-state index contributed by atoms with van der Waals surface area (Å²) in [5.74, 6) is 0.822. The van der Waals surface area contributed by atoms with Crippen LogP contribution in [0.4, 0.5) is 14.6 Å². The number of aromatic nitrogens is 4. The Bertz CT molecular complexity index is 1250. The number of hydrogen-bond acceptors (Lipinski definition) is 8. The molecule has 1 atom stereocenters. The number of nitrogen functional groups attached to an aromatic ring is 1. The number of methoxy groups -OCH3 is 1. The fraction of sp³-hybridized carbons (Fsp3) is 0.478. The van der Waals surface area contributed by atoms with Crippen LogP contribution in [0.15, 0.2) is 12.4 Å². The van der Waals surface area contributed by atoms with Crippen molar-refractivity contribution in [3.05, 3.63) is 40.3 Å². The second-order valence-electron chi connectivity index (χ2n) is 8.65. The first-order valence-corrected chi connectivity index (χ1v) is 11.0. The topological polar surface area (TPSA) is 126 Å². The number of nitrogens with zero attached hydrogens (tertiary/aromatic N) is 6. The third-order valence-electron chi connectivity index (χ3n) is 6.26. The molecule has 180 valence electrons. The van der Waals surface area contributed by atoms with E-state index >= 15 is 0 Å².